The van der Waals surface area contributed by atoms with Gasteiger partial charge in [0.2, 0.25) is 0 Å². The molecule has 0 fully saturated rings. The van der Waals surface area contributed by atoms with Crippen LogP contribution < -0.4 is 0 Å². The average Bonchev–Trinajstić information content (AvgIpc) is 3.06. The second kappa shape index (κ2) is 13.8. The molecule has 0 heteroatoms. The van der Waals surface area contributed by atoms with Gasteiger partial charge in [0.25, 0.3) is 0 Å². The Morgan fingerprint density at radius 2 is 0.683 bits per heavy atom. The number of rotatable bonds is 2. The zero-order chi connectivity index (χ0) is 29.4. The minimum absolute atomic E-state index is 1.27. The van der Waals surface area contributed by atoms with Crippen LogP contribution in [-0.4, -0.2) is 0 Å². The van der Waals surface area contributed by atoms with Crippen molar-refractivity contribution in [1.82, 2.24) is 0 Å². The highest BCUT2D eigenvalue weighted by atomic mass is 14.2. The van der Waals surface area contributed by atoms with Crippen molar-refractivity contribution in [3.05, 3.63) is 133 Å². The summed E-state index contributed by atoms with van der Waals surface area (Å²) in [7, 11) is 0. The lowest BCUT2D eigenvalue weighted by atomic mass is 9.83. The Kier molecular flexibility index (Phi) is 9.93. The Morgan fingerprint density at radius 3 is 1.17 bits per heavy atom. The van der Waals surface area contributed by atoms with Gasteiger partial charge in [-0.15, -0.1) is 0 Å². The van der Waals surface area contributed by atoms with E-state index in [1.165, 1.54) is 70.9 Å². The second-order valence-corrected chi connectivity index (χ2v) is 9.40. The molecular weight excluding hydrogens is 492 g/mol. The second-order valence-electron chi connectivity index (χ2n) is 9.40. The first-order chi connectivity index (χ1) is 20.3. The average molecular weight is 535 g/mol. The highest BCUT2D eigenvalue weighted by Crippen LogP contribution is 2.46. The Labute approximate surface area is 246 Å². The van der Waals surface area contributed by atoms with Gasteiger partial charge in [-0.25, -0.2) is 0 Å². The number of fused-ring (bicyclic) bond motifs is 4. The van der Waals surface area contributed by atoms with Gasteiger partial charge in [-0.2, -0.15) is 0 Å². The standard InChI is InChI=1S/C35H24.3C2H6/c1-23-20-21-32-33(22-23)35(29-19-9-13-25-11-3-5-15-27(25)29)31-17-7-6-16-30(31)34(32)28-18-8-12-24-10-2-4-14-26(24)28;3*1-2/h2-22H,1H3;3*1-2H3. The van der Waals surface area contributed by atoms with E-state index in [4.69, 9.17) is 0 Å². The van der Waals surface area contributed by atoms with Crippen LogP contribution >= 0.6 is 0 Å². The van der Waals surface area contributed by atoms with E-state index in [1.54, 1.807) is 0 Å². The molecule has 0 aliphatic heterocycles. The summed E-state index contributed by atoms with van der Waals surface area (Å²) in [5, 5.41) is 10.3. The van der Waals surface area contributed by atoms with Gasteiger partial charge in [-0.05, 0) is 72.3 Å². The normalized spacial score (nSPS) is 10.3. The van der Waals surface area contributed by atoms with Crippen LogP contribution in [0.5, 0.6) is 0 Å². The molecule has 0 spiro atoms. The fourth-order valence-corrected chi connectivity index (χ4v) is 5.76. The monoisotopic (exact) mass is 534 g/mol. The van der Waals surface area contributed by atoms with Crippen LogP contribution in [0.25, 0.3) is 65.3 Å². The molecule has 0 radical (unpaired) electrons. The van der Waals surface area contributed by atoms with Crippen LogP contribution in [-0.2, 0) is 0 Å². The third-order valence-electron chi connectivity index (χ3n) is 7.30. The first-order valence-electron chi connectivity index (χ1n) is 15.2. The molecule has 41 heavy (non-hydrogen) atoms. The lowest BCUT2D eigenvalue weighted by Gasteiger charge is -2.20. The predicted molar refractivity (Wildman–Crippen MR) is 186 cm³/mol. The van der Waals surface area contributed by atoms with Crippen LogP contribution in [0.1, 0.15) is 47.1 Å². The molecule has 0 heterocycles. The summed E-state index contributed by atoms with van der Waals surface area (Å²) in [6.07, 6.45) is 0. The maximum absolute atomic E-state index is 2.37. The maximum atomic E-state index is 2.37. The van der Waals surface area contributed by atoms with Gasteiger partial charge in [0.05, 0.1) is 0 Å². The van der Waals surface area contributed by atoms with Crippen LogP contribution in [0.3, 0.4) is 0 Å². The molecule has 0 aliphatic carbocycles. The maximum Gasteiger partial charge on any atom is -0.00200 e. The first-order valence-corrected chi connectivity index (χ1v) is 15.2. The van der Waals surface area contributed by atoms with E-state index >= 15 is 0 Å². The third kappa shape index (κ3) is 5.48. The summed E-state index contributed by atoms with van der Waals surface area (Å²) in [6, 6.07) is 46.7. The van der Waals surface area contributed by atoms with Crippen molar-refractivity contribution in [2.24, 2.45) is 0 Å². The molecule has 0 saturated carbocycles. The van der Waals surface area contributed by atoms with Gasteiger partial charge in [0, 0.05) is 0 Å². The smallest absolute Gasteiger partial charge is 0.00200 e. The molecule has 0 atom stereocenters. The van der Waals surface area contributed by atoms with Gasteiger partial charge in [0.15, 0.2) is 0 Å². The van der Waals surface area contributed by atoms with E-state index < -0.39 is 0 Å². The Hall–Kier alpha value is -4.42. The summed E-state index contributed by atoms with van der Waals surface area (Å²) in [5.74, 6) is 0. The van der Waals surface area contributed by atoms with Gasteiger partial charge in [0.1, 0.15) is 0 Å². The van der Waals surface area contributed by atoms with E-state index in [0.717, 1.165) is 0 Å². The van der Waals surface area contributed by atoms with Gasteiger partial charge in [-0.1, -0.05) is 174 Å². The molecule has 0 saturated heterocycles. The van der Waals surface area contributed by atoms with E-state index in [1.807, 2.05) is 41.5 Å². The molecule has 0 nitrogen and oxygen atoms in total. The van der Waals surface area contributed by atoms with E-state index in [9.17, 15) is 0 Å². The van der Waals surface area contributed by atoms with Crippen LogP contribution in [0, 0.1) is 6.92 Å². The molecule has 0 amide bonds. The topological polar surface area (TPSA) is 0 Å². The molecule has 0 aromatic heterocycles. The Balaban J connectivity index is 0.000000608. The van der Waals surface area contributed by atoms with Crippen molar-refractivity contribution in [3.63, 3.8) is 0 Å². The van der Waals surface area contributed by atoms with Crippen molar-refractivity contribution in [2.75, 3.05) is 0 Å². The molecular formula is C41H42. The minimum atomic E-state index is 1.27. The van der Waals surface area contributed by atoms with Crippen LogP contribution in [0.2, 0.25) is 0 Å². The van der Waals surface area contributed by atoms with Crippen LogP contribution in [0.15, 0.2) is 127 Å². The summed E-state index contributed by atoms with van der Waals surface area (Å²) < 4.78 is 0. The van der Waals surface area contributed by atoms with Crippen LogP contribution in [0.4, 0.5) is 0 Å². The summed E-state index contributed by atoms with van der Waals surface area (Å²) >= 11 is 0. The summed E-state index contributed by atoms with van der Waals surface area (Å²) in [5.41, 5.74) is 6.49. The van der Waals surface area contributed by atoms with Gasteiger partial charge < -0.3 is 0 Å². The molecule has 206 valence electrons. The van der Waals surface area contributed by atoms with Crippen molar-refractivity contribution >= 4 is 43.1 Å². The molecule has 0 N–H and O–H groups in total. The molecule has 7 rings (SSSR count). The quantitative estimate of drug-likeness (QED) is 0.193. The van der Waals surface area contributed by atoms with Crippen molar-refractivity contribution in [1.29, 1.82) is 0 Å². The largest absolute Gasteiger partial charge is 0.0683 e. The number of benzene rings is 7. The molecule has 7 aromatic rings. The number of hydrogen-bond donors (Lipinski definition) is 0. The lowest BCUT2D eigenvalue weighted by Crippen LogP contribution is -1.93. The molecule has 0 unspecified atom stereocenters. The SMILES string of the molecule is CC.CC.CC.Cc1ccc2c(-c3cccc4ccccc34)c3ccccc3c(-c3cccc4ccccc34)c2c1. The molecule has 0 bridgehead atoms. The van der Waals surface area contributed by atoms with Crippen molar-refractivity contribution < 1.29 is 0 Å². The Bertz CT molecular complexity index is 1900. The number of aryl methyl sites for hydroxylation is 1. The fraction of sp³-hybridized carbons (Fsp3) is 0.171. The fourth-order valence-electron chi connectivity index (χ4n) is 5.76. The minimum Gasteiger partial charge on any atom is -0.0683 e. The Morgan fingerprint density at radius 1 is 0.317 bits per heavy atom. The van der Waals surface area contributed by atoms with Gasteiger partial charge >= 0.3 is 0 Å². The van der Waals surface area contributed by atoms with E-state index in [0.29, 0.717) is 0 Å². The van der Waals surface area contributed by atoms with Crippen molar-refractivity contribution in [2.45, 2.75) is 48.5 Å². The first kappa shape index (κ1) is 29.6. The molecule has 7 aromatic carbocycles. The predicted octanol–water partition coefficient (Wildman–Crippen LogP) is 13.0. The van der Waals surface area contributed by atoms with Gasteiger partial charge in [-0.3, -0.25) is 0 Å². The summed E-state index contributed by atoms with van der Waals surface area (Å²) in [4.78, 5) is 0. The number of hydrogen-bond acceptors (Lipinski definition) is 0. The highest BCUT2D eigenvalue weighted by Gasteiger charge is 2.19. The summed E-state index contributed by atoms with van der Waals surface area (Å²) in [6.45, 7) is 14.2. The third-order valence-corrected chi connectivity index (χ3v) is 7.30. The lowest BCUT2D eigenvalue weighted by molar-refractivity contribution is 1.50. The van der Waals surface area contributed by atoms with Crippen molar-refractivity contribution in [3.8, 4) is 22.3 Å². The zero-order valence-electron chi connectivity index (χ0n) is 25.6. The molecule has 0 aliphatic rings. The van der Waals surface area contributed by atoms with E-state index in [-0.39, 0.29) is 0 Å². The highest BCUT2D eigenvalue weighted by molar-refractivity contribution is 6.25. The zero-order valence-corrected chi connectivity index (χ0v) is 25.6. The van der Waals surface area contributed by atoms with E-state index in [2.05, 4.69) is 134 Å².